The fraction of sp³-hybridized carbons (Fsp3) is 0.400. The van der Waals surface area contributed by atoms with Crippen molar-refractivity contribution in [3.05, 3.63) is 34.9 Å². The van der Waals surface area contributed by atoms with Crippen molar-refractivity contribution in [2.75, 3.05) is 20.8 Å². The minimum absolute atomic E-state index is 0.121. The Morgan fingerprint density at radius 1 is 1.17 bits per heavy atom. The van der Waals surface area contributed by atoms with E-state index in [0.717, 1.165) is 0 Å². The van der Waals surface area contributed by atoms with E-state index in [2.05, 4.69) is 10.1 Å². The fourth-order valence-corrected chi connectivity index (χ4v) is 4.04. The second kappa shape index (κ2) is 9.12. The maximum atomic E-state index is 12.8. The highest BCUT2D eigenvalue weighted by Gasteiger charge is 2.19. The van der Waals surface area contributed by atoms with Crippen LogP contribution in [0.4, 0.5) is 0 Å². The molecule has 0 bridgehead atoms. The Morgan fingerprint density at radius 2 is 1.87 bits per heavy atom. The number of amides is 1. The number of aromatic nitrogens is 3. The van der Waals surface area contributed by atoms with E-state index in [9.17, 15) is 9.59 Å². The Morgan fingerprint density at radius 3 is 2.47 bits per heavy atom. The van der Waals surface area contributed by atoms with Crippen LogP contribution in [0.1, 0.15) is 37.3 Å². The maximum absolute atomic E-state index is 12.8. The van der Waals surface area contributed by atoms with Crippen molar-refractivity contribution >= 4 is 33.4 Å². The number of esters is 1. The third kappa shape index (κ3) is 4.23. The Hall–Kier alpha value is -3.14. The minimum atomic E-state index is -0.503. The molecule has 10 heteroatoms. The summed E-state index contributed by atoms with van der Waals surface area (Å²) in [6.07, 6.45) is 1.73. The summed E-state index contributed by atoms with van der Waals surface area (Å²) in [5.74, 6) is 0.173. The van der Waals surface area contributed by atoms with E-state index < -0.39 is 11.9 Å². The number of ether oxygens (including phenoxy) is 3. The van der Waals surface area contributed by atoms with E-state index in [4.69, 9.17) is 14.2 Å². The summed E-state index contributed by atoms with van der Waals surface area (Å²) in [5, 5.41) is 4.27. The minimum Gasteiger partial charge on any atom is -0.495 e. The first-order chi connectivity index (χ1) is 14.4. The Bertz CT molecular complexity index is 1140. The third-order valence-corrected chi connectivity index (χ3v) is 5.43. The molecule has 0 N–H and O–H groups in total. The number of methoxy groups -OCH3 is 2. The van der Waals surface area contributed by atoms with Crippen LogP contribution < -0.4 is 14.3 Å². The van der Waals surface area contributed by atoms with Gasteiger partial charge in [-0.2, -0.15) is 10.1 Å². The fourth-order valence-electron chi connectivity index (χ4n) is 2.91. The van der Waals surface area contributed by atoms with Gasteiger partial charge in [0, 0.05) is 12.2 Å². The number of carbonyl (C=O) groups excluding carboxylic acids is 2. The molecule has 0 unspecified atom stereocenters. The van der Waals surface area contributed by atoms with Crippen molar-refractivity contribution in [2.45, 2.75) is 33.4 Å². The second-order valence-corrected chi connectivity index (χ2v) is 7.59. The first-order valence-electron chi connectivity index (χ1n) is 9.43. The monoisotopic (exact) mass is 432 g/mol. The van der Waals surface area contributed by atoms with Gasteiger partial charge in [-0.15, -0.1) is 0 Å². The van der Waals surface area contributed by atoms with Crippen LogP contribution in [0, 0.1) is 0 Å². The molecule has 160 valence electrons. The van der Waals surface area contributed by atoms with E-state index in [0.29, 0.717) is 26.5 Å². The van der Waals surface area contributed by atoms with E-state index >= 15 is 0 Å². The van der Waals surface area contributed by atoms with Crippen molar-refractivity contribution in [3.63, 3.8) is 0 Å². The molecule has 0 aliphatic heterocycles. The smallest absolute Gasteiger partial charge is 0.326 e. The molecule has 1 aromatic carbocycles. The number of nitrogens with zero attached hydrogens (tertiary/aromatic N) is 4. The lowest BCUT2D eigenvalue weighted by Gasteiger charge is -2.09. The standard InChI is InChI=1S/C20H24N4O5S/c1-6-29-16(25)11-23-17-14(27-4)7-8-15(28-5)18(17)30-20(23)21-19(26)13-9-10-24(22-13)12(2)3/h7-10,12H,6,11H2,1-5H3. The molecule has 3 aromatic rings. The highest BCUT2D eigenvalue weighted by molar-refractivity contribution is 7.16. The van der Waals surface area contributed by atoms with Gasteiger partial charge in [-0.3, -0.25) is 14.3 Å². The molecular weight excluding hydrogens is 408 g/mol. The van der Waals surface area contributed by atoms with Crippen molar-refractivity contribution in [3.8, 4) is 11.5 Å². The SMILES string of the molecule is CCOC(=O)Cn1c(=NC(=O)c2ccn(C(C)C)n2)sc2c(OC)ccc(OC)c21. The molecule has 0 saturated carbocycles. The van der Waals surface area contributed by atoms with Gasteiger partial charge in [0.1, 0.15) is 28.3 Å². The first-order valence-corrected chi connectivity index (χ1v) is 10.2. The predicted octanol–water partition coefficient (Wildman–Crippen LogP) is 2.80. The second-order valence-electron chi connectivity index (χ2n) is 6.62. The lowest BCUT2D eigenvalue weighted by atomic mass is 10.3. The quantitative estimate of drug-likeness (QED) is 0.533. The topological polar surface area (TPSA) is 96.9 Å². The Labute approximate surface area is 177 Å². The Balaban J connectivity index is 2.19. The van der Waals surface area contributed by atoms with Gasteiger partial charge in [0.05, 0.1) is 20.8 Å². The van der Waals surface area contributed by atoms with Crippen LogP contribution in [-0.2, 0) is 16.1 Å². The number of benzene rings is 1. The molecule has 0 fully saturated rings. The van der Waals surface area contributed by atoms with Gasteiger partial charge in [0.15, 0.2) is 10.5 Å². The van der Waals surface area contributed by atoms with E-state index in [1.54, 1.807) is 47.7 Å². The molecule has 2 heterocycles. The molecule has 30 heavy (non-hydrogen) atoms. The largest absolute Gasteiger partial charge is 0.495 e. The van der Waals surface area contributed by atoms with Gasteiger partial charge in [-0.05, 0) is 39.0 Å². The number of hydrogen-bond donors (Lipinski definition) is 0. The summed E-state index contributed by atoms with van der Waals surface area (Å²) in [7, 11) is 3.09. The molecule has 0 spiro atoms. The van der Waals surface area contributed by atoms with E-state index in [1.807, 2.05) is 13.8 Å². The lowest BCUT2D eigenvalue weighted by Crippen LogP contribution is -2.23. The van der Waals surface area contributed by atoms with Gasteiger partial charge < -0.3 is 18.8 Å². The highest BCUT2D eigenvalue weighted by Crippen LogP contribution is 2.35. The van der Waals surface area contributed by atoms with Gasteiger partial charge in [0.25, 0.3) is 5.91 Å². The normalized spacial score (nSPS) is 11.9. The van der Waals surface area contributed by atoms with Crippen LogP contribution in [0.3, 0.4) is 0 Å². The first kappa shape index (κ1) is 21.6. The van der Waals surface area contributed by atoms with Crippen LogP contribution in [0.5, 0.6) is 11.5 Å². The van der Waals surface area contributed by atoms with Crippen molar-refractivity contribution < 1.29 is 23.8 Å². The van der Waals surface area contributed by atoms with E-state index in [1.165, 1.54) is 18.4 Å². The van der Waals surface area contributed by atoms with Crippen molar-refractivity contribution in [1.82, 2.24) is 14.3 Å². The number of rotatable bonds is 7. The molecule has 0 aliphatic rings. The van der Waals surface area contributed by atoms with Crippen molar-refractivity contribution in [2.24, 2.45) is 4.99 Å². The highest BCUT2D eigenvalue weighted by atomic mass is 32.1. The molecule has 0 radical (unpaired) electrons. The van der Waals surface area contributed by atoms with Crippen LogP contribution in [0.15, 0.2) is 29.4 Å². The summed E-state index contributed by atoms with van der Waals surface area (Å²) >= 11 is 1.23. The summed E-state index contributed by atoms with van der Waals surface area (Å²) in [6, 6.07) is 5.25. The zero-order valence-electron chi connectivity index (χ0n) is 17.5. The number of carbonyl (C=O) groups is 2. The molecule has 0 atom stereocenters. The molecule has 0 saturated heterocycles. The number of thiazole rings is 1. The average molecular weight is 433 g/mol. The molecule has 0 aliphatic carbocycles. The summed E-state index contributed by atoms with van der Waals surface area (Å²) < 4.78 is 20.0. The number of hydrogen-bond acceptors (Lipinski definition) is 7. The number of fused-ring (bicyclic) bond motifs is 1. The van der Waals surface area contributed by atoms with Crippen LogP contribution in [0.25, 0.3) is 10.2 Å². The van der Waals surface area contributed by atoms with Crippen molar-refractivity contribution in [1.29, 1.82) is 0 Å². The predicted molar refractivity (Wildman–Crippen MR) is 112 cm³/mol. The molecule has 9 nitrogen and oxygen atoms in total. The summed E-state index contributed by atoms with van der Waals surface area (Å²) in [4.78, 5) is 29.6. The van der Waals surface area contributed by atoms with E-state index in [-0.39, 0.29) is 24.9 Å². The summed E-state index contributed by atoms with van der Waals surface area (Å²) in [5.41, 5.74) is 0.830. The van der Waals surface area contributed by atoms with Crippen LogP contribution >= 0.6 is 11.3 Å². The molecule has 3 rings (SSSR count). The average Bonchev–Trinajstić information content (AvgIpc) is 3.34. The van der Waals surface area contributed by atoms with Gasteiger partial charge >= 0.3 is 5.97 Å². The van der Waals surface area contributed by atoms with Gasteiger partial charge in [0.2, 0.25) is 0 Å². The van der Waals surface area contributed by atoms with Gasteiger partial charge in [-0.1, -0.05) is 11.3 Å². The van der Waals surface area contributed by atoms with Crippen LogP contribution in [0.2, 0.25) is 0 Å². The van der Waals surface area contributed by atoms with Gasteiger partial charge in [-0.25, -0.2) is 0 Å². The lowest BCUT2D eigenvalue weighted by molar-refractivity contribution is -0.143. The zero-order valence-corrected chi connectivity index (χ0v) is 18.4. The molecule has 1 amide bonds. The zero-order chi connectivity index (χ0) is 21.8. The summed E-state index contributed by atoms with van der Waals surface area (Å²) in [6.45, 7) is 5.80. The Kier molecular flexibility index (Phi) is 6.56. The third-order valence-electron chi connectivity index (χ3n) is 4.34. The molecule has 2 aromatic heterocycles. The molecular formula is C20H24N4O5S. The van der Waals surface area contributed by atoms with Crippen LogP contribution in [-0.4, -0.2) is 47.1 Å². The maximum Gasteiger partial charge on any atom is 0.326 e.